The van der Waals surface area contributed by atoms with E-state index in [1.165, 1.54) is 36.1 Å². The number of nitrogens with two attached hydrogens (primary N) is 1. The molecule has 3 amide bonds. The third-order valence-electron chi connectivity index (χ3n) is 5.72. The fourth-order valence-electron chi connectivity index (χ4n) is 3.77. The third-order valence-corrected chi connectivity index (χ3v) is 6.75. The molecule has 1 fully saturated rings. The summed E-state index contributed by atoms with van der Waals surface area (Å²) in [4.78, 5) is 43.1. The molecule has 0 aromatic carbocycles. The van der Waals surface area contributed by atoms with Crippen molar-refractivity contribution in [2.24, 2.45) is 5.73 Å². The van der Waals surface area contributed by atoms with Gasteiger partial charge in [0.15, 0.2) is 0 Å². The number of nitrogens with zero attached hydrogens (tertiary/aromatic N) is 3. The van der Waals surface area contributed by atoms with Crippen molar-refractivity contribution in [2.45, 2.75) is 77.0 Å². The zero-order chi connectivity index (χ0) is 23.6. The topological polar surface area (TPSA) is 107 Å². The largest absolute Gasteiger partial charge is 0.390 e. The molecule has 180 valence electrons. The lowest BCUT2D eigenvalue weighted by atomic mass is 9.97. The first-order chi connectivity index (χ1) is 14.5. The number of carbonyl (C=O) groups excluding carboxylic acids is 3. The van der Waals surface area contributed by atoms with Crippen LogP contribution < -0.4 is 5.73 Å². The van der Waals surface area contributed by atoms with Crippen molar-refractivity contribution < 1.29 is 19.5 Å². The Kier molecular flexibility index (Phi) is 11.9. The van der Waals surface area contributed by atoms with Crippen LogP contribution in [0, 0.1) is 0 Å². The predicted molar refractivity (Wildman–Crippen MR) is 126 cm³/mol. The van der Waals surface area contributed by atoms with Gasteiger partial charge in [0.1, 0.15) is 12.1 Å². The molecule has 31 heavy (non-hydrogen) atoms. The van der Waals surface area contributed by atoms with Gasteiger partial charge in [0.05, 0.1) is 5.60 Å². The number of amides is 3. The molecule has 2 atom stereocenters. The number of primary amides is 1. The van der Waals surface area contributed by atoms with E-state index in [0.29, 0.717) is 18.6 Å². The van der Waals surface area contributed by atoms with E-state index in [1.807, 2.05) is 6.92 Å². The molecular formula is C22H42N4O4S. The second-order valence-corrected chi connectivity index (χ2v) is 10.3. The second-order valence-electron chi connectivity index (χ2n) is 9.13. The molecule has 0 saturated carbocycles. The van der Waals surface area contributed by atoms with Gasteiger partial charge in [0.25, 0.3) is 0 Å². The van der Waals surface area contributed by atoms with Crippen molar-refractivity contribution in [3.8, 4) is 0 Å². The van der Waals surface area contributed by atoms with Crippen molar-refractivity contribution in [3.63, 3.8) is 0 Å². The third kappa shape index (κ3) is 9.78. The van der Waals surface area contributed by atoms with Gasteiger partial charge in [-0.3, -0.25) is 14.4 Å². The van der Waals surface area contributed by atoms with Crippen LogP contribution in [0.4, 0.5) is 0 Å². The summed E-state index contributed by atoms with van der Waals surface area (Å²) < 4.78 is 0. The highest BCUT2D eigenvalue weighted by atomic mass is 32.2. The van der Waals surface area contributed by atoms with E-state index >= 15 is 0 Å². The summed E-state index contributed by atoms with van der Waals surface area (Å²) in [6.07, 6.45) is 4.87. The van der Waals surface area contributed by atoms with Crippen LogP contribution in [0.3, 0.4) is 0 Å². The number of piperidine rings is 1. The average molecular weight is 459 g/mol. The number of hydrogen-bond donors (Lipinski definition) is 2. The van der Waals surface area contributed by atoms with E-state index in [9.17, 15) is 19.5 Å². The van der Waals surface area contributed by atoms with Crippen LogP contribution >= 0.6 is 11.8 Å². The number of thioether (sulfide) groups is 1. The number of likely N-dealkylation sites (N-methyl/N-ethyl adjacent to an activating group) is 2. The molecule has 1 rings (SSSR count). The number of hydrogen-bond acceptors (Lipinski definition) is 6. The van der Waals surface area contributed by atoms with Gasteiger partial charge in [-0.15, -0.1) is 0 Å². The van der Waals surface area contributed by atoms with Crippen molar-refractivity contribution in [1.82, 2.24) is 14.7 Å². The Hall–Kier alpha value is -1.32. The van der Waals surface area contributed by atoms with Gasteiger partial charge in [-0.25, -0.2) is 0 Å². The van der Waals surface area contributed by atoms with Crippen molar-refractivity contribution in [2.75, 3.05) is 45.2 Å². The predicted octanol–water partition coefficient (Wildman–Crippen LogP) is 1.31. The van der Waals surface area contributed by atoms with Crippen molar-refractivity contribution in [1.29, 1.82) is 0 Å². The molecular weight excluding hydrogens is 416 g/mol. The lowest BCUT2D eigenvalue weighted by Gasteiger charge is -2.35. The molecule has 0 spiro atoms. The van der Waals surface area contributed by atoms with Crippen LogP contribution in [0.1, 0.15) is 59.3 Å². The fraction of sp³-hybridized carbons (Fsp3) is 0.864. The fourth-order valence-corrected chi connectivity index (χ4v) is 4.92. The van der Waals surface area contributed by atoms with Gasteiger partial charge in [0.2, 0.25) is 17.7 Å². The highest BCUT2D eigenvalue weighted by Crippen LogP contribution is 2.19. The molecule has 9 heteroatoms. The molecule has 1 aliphatic heterocycles. The van der Waals surface area contributed by atoms with Gasteiger partial charge in [-0.1, -0.05) is 13.3 Å². The van der Waals surface area contributed by atoms with Gasteiger partial charge < -0.3 is 25.5 Å². The highest BCUT2D eigenvalue weighted by molar-refractivity contribution is 7.99. The maximum atomic E-state index is 13.3. The Morgan fingerprint density at radius 2 is 1.71 bits per heavy atom. The molecule has 0 unspecified atom stereocenters. The van der Waals surface area contributed by atoms with Gasteiger partial charge in [0, 0.05) is 45.0 Å². The molecule has 0 aromatic heterocycles. The minimum absolute atomic E-state index is 0.0337. The van der Waals surface area contributed by atoms with E-state index in [0.717, 1.165) is 25.4 Å². The molecule has 8 nitrogen and oxygen atoms in total. The Bertz CT molecular complexity index is 591. The summed E-state index contributed by atoms with van der Waals surface area (Å²) in [5.74, 6) is 0.245. The summed E-state index contributed by atoms with van der Waals surface area (Å²) in [7, 11) is 3.17. The summed E-state index contributed by atoms with van der Waals surface area (Å²) >= 11 is 1.65. The van der Waals surface area contributed by atoms with E-state index in [4.69, 9.17) is 5.73 Å². The Morgan fingerprint density at radius 1 is 1.10 bits per heavy atom. The number of likely N-dealkylation sites (tertiary alicyclic amines) is 1. The molecule has 1 heterocycles. The SMILES string of the molecule is CCCC(=O)N(C)[C@H](CSCCN1CCCCC1)C(=O)N(C)[C@@H](CC(C)(C)O)C(N)=O. The summed E-state index contributed by atoms with van der Waals surface area (Å²) in [5, 5.41) is 10.2. The molecule has 0 aromatic rings. The Labute approximate surface area is 191 Å². The highest BCUT2D eigenvalue weighted by Gasteiger charge is 2.36. The number of aliphatic hydroxyl groups is 1. The van der Waals surface area contributed by atoms with Gasteiger partial charge >= 0.3 is 0 Å². The number of rotatable bonds is 13. The summed E-state index contributed by atoms with van der Waals surface area (Å²) in [5.41, 5.74) is 4.38. The molecule has 0 bridgehead atoms. The van der Waals surface area contributed by atoms with Crippen LogP contribution in [-0.4, -0.2) is 100 Å². The van der Waals surface area contributed by atoms with Crippen LogP contribution in [-0.2, 0) is 14.4 Å². The van der Waals surface area contributed by atoms with E-state index in [-0.39, 0.29) is 18.2 Å². The maximum Gasteiger partial charge on any atom is 0.246 e. The van der Waals surface area contributed by atoms with Gasteiger partial charge in [-0.2, -0.15) is 11.8 Å². The molecule has 1 aliphatic rings. The lowest BCUT2D eigenvalue weighted by Crippen LogP contribution is -2.56. The molecule has 1 saturated heterocycles. The zero-order valence-electron chi connectivity index (χ0n) is 19.9. The quantitative estimate of drug-likeness (QED) is 0.403. The van der Waals surface area contributed by atoms with Gasteiger partial charge in [-0.05, 0) is 46.2 Å². The van der Waals surface area contributed by atoms with Crippen LogP contribution in [0.15, 0.2) is 0 Å². The molecule has 0 radical (unpaired) electrons. The smallest absolute Gasteiger partial charge is 0.246 e. The minimum Gasteiger partial charge on any atom is -0.390 e. The monoisotopic (exact) mass is 458 g/mol. The standard InChI is InChI=1S/C22H42N4O4S/c1-6-10-19(27)24(4)18(16-31-14-13-26-11-8-7-9-12-26)21(29)25(5)17(20(23)28)15-22(2,3)30/h17-18,30H,6-16H2,1-5H3,(H2,23,28)/t17-,18+/m0/s1. The van der Waals surface area contributed by atoms with Crippen LogP contribution in [0.5, 0.6) is 0 Å². The first-order valence-electron chi connectivity index (χ1n) is 11.3. The zero-order valence-corrected chi connectivity index (χ0v) is 20.7. The second kappa shape index (κ2) is 13.3. The molecule has 0 aliphatic carbocycles. The first kappa shape index (κ1) is 27.7. The van der Waals surface area contributed by atoms with E-state index < -0.39 is 23.6 Å². The Balaban J connectivity index is 2.85. The van der Waals surface area contributed by atoms with Crippen LogP contribution in [0.25, 0.3) is 0 Å². The van der Waals surface area contributed by atoms with Crippen LogP contribution in [0.2, 0.25) is 0 Å². The summed E-state index contributed by atoms with van der Waals surface area (Å²) in [6.45, 7) is 8.29. The average Bonchev–Trinajstić information content (AvgIpc) is 2.70. The van der Waals surface area contributed by atoms with Crippen molar-refractivity contribution in [3.05, 3.63) is 0 Å². The molecule has 3 N–H and O–H groups in total. The minimum atomic E-state index is -1.16. The van der Waals surface area contributed by atoms with E-state index in [1.54, 1.807) is 32.7 Å². The first-order valence-corrected chi connectivity index (χ1v) is 12.5. The van der Waals surface area contributed by atoms with Crippen molar-refractivity contribution >= 4 is 29.5 Å². The summed E-state index contributed by atoms with van der Waals surface area (Å²) in [6, 6.07) is -1.62. The number of carbonyl (C=O) groups is 3. The van der Waals surface area contributed by atoms with E-state index in [2.05, 4.69) is 4.90 Å². The maximum absolute atomic E-state index is 13.3. The normalized spacial score (nSPS) is 17.1. The lowest BCUT2D eigenvalue weighted by molar-refractivity contribution is -0.147. The Morgan fingerprint density at radius 3 is 2.23 bits per heavy atom.